The second-order valence-electron chi connectivity index (χ2n) is 3.11. The number of nitrogens with two attached hydrogens (primary N) is 1. The van der Waals surface area contributed by atoms with E-state index in [0.29, 0.717) is 0 Å². The number of sulfonamides is 1. The smallest absolute Gasteiger partial charge is 0.320 e. The lowest BCUT2D eigenvalue weighted by atomic mass is 10.2. The fourth-order valence-electron chi connectivity index (χ4n) is 1.04. The van der Waals surface area contributed by atoms with Crippen molar-refractivity contribution in [2.24, 2.45) is 5.73 Å². The minimum atomic E-state index is -4.78. The standard InChI is InChI=1S/C10H9F3N2O2S/c11-9-4-3-8(6-7(9)2-1-5-14)15-18(16,17)10(12)13/h3-4,6,10,15H,5,14H2. The molecule has 0 saturated heterocycles. The zero-order valence-electron chi connectivity index (χ0n) is 8.95. The topological polar surface area (TPSA) is 72.2 Å². The first-order valence-electron chi connectivity index (χ1n) is 4.65. The van der Waals surface area contributed by atoms with Crippen molar-refractivity contribution in [1.29, 1.82) is 0 Å². The maximum atomic E-state index is 13.2. The van der Waals surface area contributed by atoms with Crippen LogP contribution < -0.4 is 10.5 Å². The van der Waals surface area contributed by atoms with Crippen molar-refractivity contribution in [2.75, 3.05) is 11.3 Å². The molecule has 4 nitrogen and oxygen atoms in total. The highest BCUT2D eigenvalue weighted by atomic mass is 32.2. The van der Waals surface area contributed by atoms with Crippen molar-refractivity contribution >= 4 is 15.7 Å². The molecular weight excluding hydrogens is 269 g/mol. The van der Waals surface area contributed by atoms with Crippen LogP contribution in [0.2, 0.25) is 0 Å². The Morgan fingerprint density at radius 3 is 2.61 bits per heavy atom. The summed E-state index contributed by atoms with van der Waals surface area (Å²) >= 11 is 0. The molecule has 0 radical (unpaired) electrons. The van der Waals surface area contributed by atoms with Gasteiger partial charge in [0.1, 0.15) is 5.82 Å². The molecule has 0 unspecified atom stereocenters. The molecule has 0 heterocycles. The normalized spacial score (nSPS) is 10.9. The molecule has 1 aromatic carbocycles. The average Bonchev–Trinajstić information content (AvgIpc) is 2.29. The number of anilines is 1. The van der Waals surface area contributed by atoms with E-state index in [4.69, 9.17) is 5.73 Å². The lowest BCUT2D eigenvalue weighted by Gasteiger charge is -2.07. The zero-order chi connectivity index (χ0) is 13.8. The van der Waals surface area contributed by atoms with Gasteiger partial charge in [0.2, 0.25) is 0 Å². The molecule has 3 N–H and O–H groups in total. The summed E-state index contributed by atoms with van der Waals surface area (Å²) in [5, 5.41) is 0. The highest BCUT2D eigenvalue weighted by molar-refractivity contribution is 7.93. The Balaban J connectivity index is 3.06. The third-order valence-corrected chi connectivity index (χ3v) is 2.78. The molecule has 0 saturated carbocycles. The molecule has 0 bridgehead atoms. The zero-order valence-corrected chi connectivity index (χ0v) is 9.77. The van der Waals surface area contributed by atoms with Gasteiger partial charge in [0.05, 0.1) is 17.8 Å². The predicted octanol–water partition coefficient (Wildman–Crippen LogP) is 1.10. The molecular formula is C10H9F3N2O2S. The Kier molecular flexibility index (Phi) is 4.58. The summed E-state index contributed by atoms with van der Waals surface area (Å²) in [7, 11) is -4.78. The maximum absolute atomic E-state index is 13.2. The molecule has 0 aromatic heterocycles. The number of hydrogen-bond acceptors (Lipinski definition) is 3. The predicted molar refractivity (Wildman–Crippen MR) is 60.9 cm³/mol. The summed E-state index contributed by atoms with van der Waals surface area (Å²) in [6, 6.07) is 2.95. The van der Waals surface area contributed by atoms with E-state index in [1.165, 1.54) is 0 Å². The van der Waals surface area contributed by atoms with Gasteiger partial charge in [-0.05, 0) is 18.2 Å². The van der Waals surface area contributed by atoms with Crippen LogP contribution in [0.25, 0.3) is 0 Å². The fraction of sp³-hybridized carbons (Fsp3) is 0.200. The van der Waals surface area contributed by atoms with Gasteiger partial charge in [-0.1, -0.05) is 11.8 Å². The van der Waals surface area contributed by atoms with Gasteiger partial charge in [-0.15, -0.1) is 0 Å². The fourth-order valence-corrected chi connectivity index (χ4v) is 1.58. The van der Waals surface area contributed by atoms with Crippen LogP contribution >= 0.6 is 0 Å². The third kappa shape index (κ3) is 3.65. The molecule has 8 heteroatoms. The van der Waals surface area contributed by atoms with Gasteiger partial charge in [0, 0.05) is 0 Å². The van der Waals surface area contributed by atoms with Crippen LogP contribution in [0.3, 0.4) is 0 Å². The second-order valence-corrected chi connectivity index (χ2v) is 4.76. The molecule has 0 aliphatic carbocycles. The summed E-state index contributed by atoms with van der Waals surface area (Å²) in [5.41, 5.74) is 4.77. The average molecular weight is 278 g/mol. The van der Waals surface area contributed by atoms with E-state index in [2.05, 4.69) is 11.8 Å². The summed E-state index contributed by atoms with van der Waals surface area (Å²) in [6.45, 7) is -0.00751. The number of hydrogen-bond donors (Lipinski definition) is 2. The van der Waals surface area contributed by atoms with E-state index >= 15 is 0 Å². The van der Waals surface area contributed by atoms with Crippen LogP contribution in [0.1, 0.15) is 5.56 Å². The Labute approximate surface area is 102 Å². The van der Waals surface area contributed by atoms with Gasteiger partial charge in [0.25, 0.3) is 10.0 Å². The Morgan fingerprint density at radius 2 is 2.06 bits per heavy atom. The van der Waals surface area contributed by atoms with Gasteiger partial charge in [-0.3, -0.25) is 4.72 Å². The molecule has 18 heavy (non-hydrogen) atoms. The van der Waals surface area contributed by atoms with E-state index in [1.54, 1.807) is 4.72 Å². The van der Waals surface area contributed by atoms with E-state index in [1.807, 2.05) is 0 Å². The Hall–Kier alpha value is -1.72. The number of rotatable bonds is 3. The SMILES string of the molecule is NCC#Cc1cc(NS(=O)(=O)C(F)F)ccc1F. The molecule has 1 rings (SSSR count). The second kappa shape index (κ2) is 5.75. The number of halogens is 3. The van der Waals surface area contributed by atoms with Crippen LogP contribution in [0.15, 0.2) is 18.2 Å². The Morgan fingerprint density at radius 1 is 1.39 bits per heavy atom. The molecule has 0 fully saturated rings. The highest BCUT2D eigenvalue weighted by Gasteiger charge is 2.23. The van der Waals surface area contributed by atoms with Crippen LogP contribution in [-0.2, 0) is 10.0 Å². The van der Waals surface area contributed by atoms with Crippen molar-refractivity contribution in [3.8, 4) is 11.8 Å². The number of nitrogens with one attached hydrogen (secondary N) is 1. The van der Waals surface area contributed by atoms with Gasteiger partial charge in [0.15, 0.2) is 0 Å². The lowest BCUT2D eigenvalue weighted by Crippen LogP contribution is -2.20. The van der Waals surface area contributed by atoms with E-state index in [9.17, 15) is 21.6 Å². The van der Waals surface area contributed by atoms with Gasteiger partial charge < -0.3 is 5.73 Å². The van der Waals surface area contributed by atoms with E-state index in [-0.39, 0.29) is 17.8 Å². The first-order valence-corrected chi connectivity index (χ1v) is 6.19. The number of benzene rings is 1. The summed E-state index contributed by atoms with van der Waals surface area (Å²) < 4.78 is 60.9. The monoisotopic (exact) mass is 278 g/mol. The molecule has 0 aliphatic rings. The first-order chi connectivity index (χ1) is 8.36. The molecule has 98 valence electrons. The number of alkyl halides is 2. The largest absolute Gasteiger partial charge is 0.355 e. The van der Waals surface area contributed by atoms with Crippen LogP contribution in [0.5, 0.6) is 0 Å². The van der Waals surface area contributed by atoms with Crippen molar-refractivity contribution in [2.45, 2.75) is 5.76 Å². The molecule has 0 spiro atoms. The highest BCUT2D eigenvalue weighted by Crippen LogP contribution is 2.17. The minimum Gasteiger partial charge on any atom is -0.320 e. The van der Waals surface area contributed by atoms with Crippen molar-refractivity contribution in [3.05, 3.63) is 29.6 Å². The quantitative estimate of drug-likeness (QED) is 0.813. The van der Waals surface area contributed by atoms with Crippen molar-refractivity contribution in [3.63, 3.8) is 0 Å². The third-order valence-electron chi connectivity index (χ3n) is 1.79. The molecule has 1 aromatic rings. The minimum absolute atomic E-state index is 0.00751. The Bertz CT molecular complexity index is 591. The van der Waals surface area contributed by atoms with Crippen LogP contribution in [0, 0.1) is 17.7 Å². The van der Waals surface area contributed by atoms with Crippen molar-refractivity contribution < 1.29 is 21.6 Å². The van der Waals surface area contributed by atoms with Gasteiger partial charge in [-0.2, -0.15) is 8.78 Å². The molecule has 0 atom stereocenters. The maximum Gasteiger partial charge on any atom is 0.355 e. The molecule has 0 amide bonds. The summed E-state index contributed by atoms with van der Waals surface area (Å²) in [6.07, 6.45) is 0. The van der Waals surface area contributed by atoms with E-state index in [0.717, 1.165) is 18.2 Å². The van der Waals surface area contributed by atoms with Crippen LogP contribution in [0.4, 0.5) is 18.9 Å². The summed E-state index contributed by atoms with van der Waals surface area (Å²) in [5.74, 6) is 0.460. The van der Waals surface area contributed by atoms with Crippen LogP contribution in [-0.4, -0.2) is 20.7 Å². The summed E-state index contributed by atoms with van der Waals surface area (Å²) in [4.78, 5) is 0. The van der Waals surface area contributed by atoms with E-state index < -0.39 is 21.6 Å². The van der Waals surface area contributed by atoms with Crippen molar-refractivity contribution in [1.82, 2.24) is 0 Å². The van der Waals surface area contributed by atoms with Gasteiger partial charge >= 0.3 is 5.76 Å². The van der Waals surface area contributed by atoms with Gasteiger partial charge in [-0.25, -0.2) is 12.8 Å². The first kappa shape index (κ1) is 14.3. The lowest BCUT2D eigenvalue weighted by molar-refractivity contribution is 0.236. The molecule has 0 aliphatic heterocycles.